The summed E-state index contributed by atoms with van der Waals surface area (Å²) in [6, 6.07) is 12.1. The van der Waals surface area contributed by atoms with Crippen LogP contribution in [0, 0.1) is 18.3 Å². The third-order valence-electron chi connectivity index (χ3n) is 3.13. The first-order chi connectivity index (χ1) is 10.7. The average molecular weight is 327 g/mol. The van der Waals surface area contributed by atoms with Crippen molar-refractivity contribution in [2.24, 2.45) is 0 Å². The highest BCUT2D eigenvalue weighted by molar-refractivity contribution is 8.06. The van der Waals surface area contributed by atoms with E-state index >= 15 is 0 Å². The van der Waals surface area contributed by atoms with Crippen molar-refractivity contribution in [2.45, 2.75) is 6.92 Å². The Balaban J connectivity index is 1.91. The normalized spacial score (nSPS) is 15.8. The Morgan fingerprint density at radius 1 is 1.27 bits per heavy atom. The number of nitrogens with one attached hydrogen (secondary N) is 1. The number of halogens is 1. The van der Waals surface area contributed by atoms with Crippen LogP contribution in [0.15, 0.2) is 47.0 Å². The molecule has 0 saturated heterocycles. The lowest BCUT2D eigenvalue weighted by molar-refractivity contribution is 1.13. The van der Waals surface area contributed by atoms with E-state index in [0.717, 1.165) is 16.3 Å². The van der Waals surface area contributed by atoms with E-state index in [1.165, 1.54) is 23.5 Å². The average Bonchev–Trinajstić information content (AvgIpc) is 2.98. The second kappa shape index (κ2) is 6.22. The number of hydrogen-bond donors (Lipinski definition) is 1. The number of aromatic nitrogens is 2. The molecule has 0 atom stereocenters. The highest BCUT2D eigenvalue weighted by Crippen LogP contribution is 2.34. The quantitative estimate of drug-likeness (QED) is 0.668. The molecule has 2 heterocycles. The van der Waals surface area contributed by atoms with Crippen LogP contribution >= 0.6 is 23.4 Å². The van der Waals surface area contributed by atoms with Crippen molar-refractivity contribution in [1.82, 2.24) is 15.3 Å². The van der Waals surface area contributed by atoms with Gasteiger partial charge in [0.15, 0.2) is 0 Å². The van der Waals surface area contributed by atoms with Gasteiger partial charge in [0, 0.05) is 11.6 Å². The molecule has 1 aromatic heterocycles. The maximum atomic E-state index is 9.44. The summed E-state index contributed by atoms with van der Waals surface area (Å²) in [5, 5.41) is 15.6. The van der Waals surface area contributed by atoms with Crippen LogP contribution < -0.4 is 5.32 Å². The molecule has 1 aliphatic heterocycles. The fourth-order valence-corrected chi connectivity index (χ4v) is 3.01. The van der Waals surface area contributed by atoms with E-state index in [0.29, 0.717) is 11.3 Å². The molecule has 0 amide bonds. The number of hydrogen-bond acceptors (Lipinski definition) is 5. The lowest BCUT2D eigenvalue weighted by atomic mass is 10.1. The van der Waals surface area contributed by atoms with Gasteiger partial charge in [0.1, 0.15) is 11.6 Å². The van der Waals surface area contributed by atoms with Crippen molar-refractivity contribution >= 4 is 34.6 Å². The minimum Gasteiger partial charge on any atom is -0.348 e. The zero-order valence-electron chi connectivity index (χ0n) is 11.7. The van der Waals surface area contributed by atoms with Crippen molar-refractivity contribution < 1.29 is 0 Å². The van der Waals surface area contributed by atoms with E-state index in [4.69, 9.17) is 11.6 Å². The molecule has 0 bridgehead atoms. The van der Waals surface area contributed by atoms with Gasteiger partial charge in [0.2, 0.25) is 5.28 Å². The smallest absolute Gasteiger partial charge is 0.222 e. The van der Waals surface area contributed by atoms with E-state index in [2.05, 4.69) is 33.5 Å². The summed E-state index contributed by atoms with van der Waals surface area (Å²) in [5.74, 6) is 0. The number of aryl methyl sites for hydroxylation is 1. The molecule has 1 aromatic carbocycles. The van der Waals surface area contributed by atoms with Gasteiger partial charge in [0.25, 0.3) is 0 Å². The first-order valence-corrected chi connectivity index (χ1v) is 7.77. The Labute approximate surface area is 137 Å². The van der Waals surface area contributed by atoms with E-state index in [9.17, 15) is 5.26 Å². The van der Waals surface area contributed by atoms with Gasteiger partial charge in [-0.2, -0.15) is 5.26 Å². The summed E-state index contributed by atoms with van der Waals surface area (Å²) in [6.07, 6.45) is 1.54. The lowest BCUT2D eigenvalue weighted by Gasteiger charge is -2.07. The van der Waals surface area contributed by atoms with Crippen LogP contribution in [-0.4, -0.2) is 9.97 Å². The van der Waals surface area contributed by atoms with Crippen LogP contribution in [0.5, 0.6) is 0 Å². The van der Waals surface area contributed by atoms with Crippen molar-refractivity contribution in [1.29, 1.82) is 5.26 Å². The molecule has 2 aromatic rings. The summed E-state index contributed by atoms with van der Waals surface area (Å²) >= 11 is 7.26. The number of allylic oxidation sites excluding steroid dienone is 1. The highest BCUT2D eigenvalue weighted by atomic mass is 35.5. The Kier molecular flexibility index (Phi) is 4.14. The van der Waals surface area contributed by atoms with Crippen molar-refractivity contribution in [3.05, 3.63) is 69.1 Å². The van der Waals surface area contributed by atoms with E-state index in [1.54, 1.807) is 6.07 Å². The molecule has 3 rings (SSSR count). The molecule has 1 N–H and O–H groups in total. The zero-order chi connectivity index (χ0) is 15.5. The number of thioether (sulfide) groups is 1. The topological polar surface area (TPSA) is 61.6 Å². The molecule has 0 aliphatic carbocycles. The molecule has 22 heavy (non-hydrogen) atoms. The molecule has 1 aliphatic rings. The maximum absolute atomic E-state index is 9.44. The summed E-state index contributed by atoms with van der Waals surface area (Å²) in [6.45, 7) is 2.05. The summed E-state index contributed by atoms with van der Waals surface area (Å²) in [4.78, 5) is 7.93. The minimum atomic E-state index is 0.126. The summed E-state index contributed by atoms with van der Waals surface area (Å²) < 4.78 is 0. The van der Waals surface area contributed by atoms with E-state index in [-0.39, 0.29) is 5.28 Å². The summed E-state index contributed by atoms with van der Waals surface area (Å²) in [7, 11) is 0. The van der Waals surface area contributed by atoms with Gasteiger partial charge in [-0.15, -0.1) is 0 Å². The molecular formula is C16H11ClN4S. The Hall–Kier alpha value is -2.29. The van der Waals surface area contributed by atoms with Gasteiger partial charge in [-0.25, -0.2) is 9.97 Å². The Bertz CT molecular complexity index is 819. The fourth-order valence-electron chi connectivity index (χ4n) is 1.99. The minimum absolute atomic E-state index is 0.126. The standard InChI is InChI=1S/C16H11ClN4S/c1-10-2-4-11(5-3-10)14-9-22-15(20-14)12(8-18)13-6-7-19-16(17)21-13/h2-7,9,20H,1H3/b15-12-. The molecule has 0 fully saturated rings. The monoisotopic (exact) mass is 326 g/mol. The Morgan fingerprint density at radius 3 is 2.73 bits per heavy atom. The van der Waals surface area contributed by atoms with Crippen molar-refractivity contribution in [3.63, 3.8) is 0 Å². The van der Waals surface area contributed by atoms with Gasteiger partial charge in [-0.1, -0.05) is 41.6 Å². The van der Waals surface area contributed by atoms with Crippen LogP contribution in [0.3, 0.4) is 0 Å². The number of benzene rings is 1. The van der Waals surface area contributed by atoms with Gasteiger partial charge in [-0.3, -0.25) is 0 Å². The predicted molar refractivity (Wildman–Crippen MR) is 89.5 cm³/mol. The number of nitriles is 1. The molecule has 0 spiro atoms. The second-order valence-electron chi connectivity index (χ2n) is 4.67. The SMILES string of the molecule is Cc1ccc(C2=CS/C(=C(/C#N)c3ccnc(Cl)n3)N2)cc1. The molecule has 0 saturated carbocycles. The van der Waals surface area contributed by atoms with E-state index in [1.807, 2.05) is 24.5 Å². The van der Waals surface area contributed by atoms with Crippen molar-refractivity contribution in [3.8, 4) is 6.07 Å². The van der Waals surface area contributed by atoms with Gasteiger partial charge < -0.3 is 5.32 Å². The Morgan fingerprint density at radius 2 is 2.05 bits per heavy atom. The van der Waals surface area contributed by atoms with Crippen LogP contribution in [0.1, 0.15) is 16.8 Å². The molecule has 0 radical (unpaired) electrons. The number of rotatable bonds is 2. The zero-order valence-corrected chi connectivity index (χ0v) is 13.2. The first-order valence-electron chi connectivity index (χ1n) is 6.51. The largest absolute Gasteiger partial charge is 0.348 e. The van der Waals surface area contributed by atoms with Gasteiger partial charge >= 0.3 is 0 Å². The summed E-state index contributed by atoms with van der Waals surface area (Å²) in [5.41, 5.74) is 4.21. The highest BCUT2D eigenvalue weighted by Gasteiger charge is 2.18. The van der Waals surface area contributed by atoms with Crippen LogP contribution in [0.4, 0.5) is 0 Å². The molecular weight excluding hydrogens is 316 g/mol. The molecule has 4 nitrogen and oxygen atoms in total. The van der Waals surface area contributed by atoms with Gasteiger partial charge in [0.05, 0.1) is 16.4 Å². The molecule has 0 unspecified atom stereocenters. The van der Waals surface area contributed by atoms with Gasteiger partial charge in [-0.05, 0) is 30.2 Å². The van der Waals surface area contributed by atoms with Crippen LogP contribution in [0.2, 0.25) is 5.28 Å². The van der Waals surface area contributed by atoms with Crippen LogP contribution in [0.25, 0.3) is 11.3 Å². The first kappa shape index (κ1) is 14.6. The fraction of sp³-hybridized carbons (Fsp3) is 0.0625. The van der Waals surface area contributed by atoms with Crippen LogP contribution in [-0.2, 0) is 0 Å². The molecule has 108 valence electrons. The molecule has 6 heteroatoms. The maximum Gasteiger partial charge on any atom is 0.222 e. The van der Waals surface area contributed by atoms with E-state index < -0.39 is 0 Å². The van der Waals surface area contributed by atoms with Crippen molar-refractivity contribution in [2.75, 3.05) is 0 Å². The predicted octanol–water partition coefficient (Wildman–Crippen LogP) is 3.97. The third kappa shape index (κ3) is 2.98. The lowest BCUT2D eigenvalue weighted by Crippen LogP contribution is -2.07. The second-order valence-corrected chi connectivity index (χ2v) is 5.88. The third-order valence-corrected chi connectivity index (χ3v) is 4.20. The number of nitrogens with zero attached hydrogens (tertiary/aromatic N) is 3.